The highest BCUT2D eigenvalue weighted by Crippen LogP contribution is 2.30. The van der Waals surface area contributed by atoms with Gasteiger partial charge in [-0.05, 0) is 51.2 Å². The Morgan fingerprint density at radius 2 is 2.14 bits per heavy atom. The van der Waals surface area contributed by atoms with Crippen LogP contribution in [0.15, 0.2) is 17.6 Å². The van der Waals surface area contributed by atoms with Crippen molar-refractivity contribution in [3.8, 4) is 6.07 Å². The predicted octanol–water partition coefficient (Wildman–Crippen LogP) is 3.64. The summed E-state index contributed by atoms with van der Waals surface area (Å²) in [7, 11) is 0. The van der Waals surface area contributed by atoms with Crippen LogP contribution < -0.4 is 5.32 Å². The third-order valence-corrected chi connectivity index (χ3v) is 4.92. The molecular weight excluding hydrogens is 280 g/mol. The third-order valence-electron chi connectivity index (χ3n) is 3.82. The molecular formula is C16H18N4S. The fourth-order valence-electron chi connectivity index (χ4n) is 2.70. The Labute approximate surface area is 128 Å². The summed E-state index contributed by atoms with van der Waals surface area (Å²) in [5, 5.41) is 15.8. The van der Waals surface area contributed by atoms with Gasteiger partial charge in [-0.3, -0.25) is 0 Å². The number of hydrogen-bond donors (Lipinski definition) is 1. The minimum Gasteiger partial charge on any atom is -0.358 e. The highest BCUT2D eigenvalue weighted by atomic mass is 32.1. The molecule has 2 aromatic heterocycles. The standard InChI is InChI=1S/C16H18N4S/c1-16(2,15-18-7-8-21-15)20-14-12(10-17)9-11-5-3-4-6-13(11)19-14/h7-9H,3-6H2,1-2H3,(H,19,20). The SMILES string of the molecule is CC(C)(Nc1nc2c(cc1C#N)CCCC2)c1nccs1. The van der Waals surface area contributed by atoms with Crippen LogP contribution in [-0.2, 0) is 18.4 Å². The number of pyridine rings is 1. The van der Waals surface area contributed by atoms with Crippen LogP contribution in [0.3, 0.4) is 0 Å². The number of rotatable bonds is 3. The van der Waals surface area contributed by atoms with Gasteiger partial charge in [0.25, 0.3) is 0 Å². The molecule has 0 aromatic carbocycles. The lowest BCUT2D eigenvalue weighted by Crippen LogP contribution is -2.29. The Hall–Kier alpha value is -1.93. The maximum Gasteiger partial charge on any atom is 0.145 e. The lowest BCUT2D eigenvalue weighted by atomic mass is 9.94. The summed E-state index contributed by atoms with van der Waals surface area (Å²) in [5.74, 6) is 0.679. The zero-order chi connectivity index (χ0) is 14.9. The van der Waals surface area contributed by atoms with Crippen molar-refractivity contribution in [1.29, 1.82) is 5.26 Å². The summed E-state index contributed by atoms with van der Waals surface area (Å²) < 4.78 is 0. The zero-order valence-corrected chi connectivity index (χ0v) is 13.1. The highest BCUT2D eigenvalue weighted by molar-refractivity contribution is 7.09. The van der Waals surface area contributed by atoms with Crippen molar-refractivity contribution in [2.24, 2.45) is 0 Å². The summed E-state index contributed by atoms with van der Waals surface area (Å²) in [6.07, 6.45) is 6.22. The first-order valence-electron chi connectivity index (χ1n) is 7.21. The van der Waals surface area contributed by atoms with Gasteiger partial charge in [-0.1, -0.05) is 0 Å². The third kappa shape index (κ3) is 2.77. The molecule has 0 atom stereocenters. The van der Waals surface area contributed by atoms with Crippen molar-refractivity contribution in [2.45, 2.75) is 45.1 Å². The minimum atomic E-state index is -0.338. The smallest absolute Gasteiger partial charge is 0.145 e. The Morgan fingerprint density at radius 3 is 2.86 bits per heavy atom. The van der Waals surface area contributed by atoms with Crippen LogP contribution in [-0.4, -0.2) is 9.97 Å². The van der Waals surface area contributed by atoms with Gasteiger partial charge in [0.1, 0.15) is 16.9 Å². The number of aryl methyl sites for hydroxylation is 2. The Bertz CT molecular complexity index is 683. The van der Waals surface area contributed by atoms with E-state index in [1.54, 1.807) is 17.5 Å². The second-order valence-corrected chi connectivity index (χ2v) is 6.79. The first-order chi connectivity index (χ1) is 10.1. The van der Waals surface area contributed by atoms with E-state index in [4.69, 9.17) is 4.98 Å². The molecule has 0 bridgehead atoms. The summed E-state index contributed by atoms with van der Waals surface area (Å²) in [6.45, 7) is 4.13. The average molecular weight is 298 g/mol. The van der Waals surface area contributed by atoms with Crippen LogP contribution in [0.1, 0.15) is 48.5 Å². The summed E-state index contributed by atoms with van der Waals surface area (Å²) in [4.78, 5) is 9.09. The molecule has 0 saturated heterocycles. The predicted molar refractivity (Wildman–Crippen MR) is 84.4 cm³/mol. The second kappa shape index (κ2) is 5.45. The zero-order valence-electron chi connectivity index (χ0n) is 12.3. The maximum absolute atomic E-state index is 9.40. The van der Waals surface area contributed by atoms with E-state index in [-0.39, 0.29) is 5.54 Å². The van der Waals surface area contributed by atoms with Crippen molar-refractivity contribution in [1.82, 2.24) is 9.97 Å². The number of anilines is 1. The number of nitrogens with one attached hydrogen (secondary N) is 1. The molecule has 0 spiro atoms. The van der Waals surface area contributed by atoms with Crippen LogP contribution in [0.25, 0.3) is 0 Å². The van der Waals surface area contributed by atoms with Crippen LogP contribution in [0.5, 0.6) is 0 Å². The Kier molecular flexibility index (Phi) is 3.64. The Morgan fingerprint density at radius 1 is 1.33 bits per heavy atom. The van der Waals surface area contributed by atoms with Crippen molar-refractivity contribution in [3.05, 3.63) is 39.5 Å². The molecule has 1 aliphatic rings. The molecule has 0 unspecified atom stereocenters. The topological polar surface area (TPSA) is 61.6 Å². The summed E-state index contributed by atoms with van der Waals surface area (Å²) >= 11 is 1.61. The van der Waals surface area contributed by atoms with Gasteiger partial charge in [0.2, 0.25) is 0 Å². The normalized spacial score (nSPS) is 14.3. The summed E-state index contributed by atoms with van der Waals surface area (Å²) in [5.41, 5.74) is 2.66. The minimum absolute atomic E-state index is 0.338. The van der Waals surface area contributed by atoms with Gasteiger partial charge < -0.3 is 5.32 Å². The van der Waals surface area contributed by atoms with Crippen LogP contribution in [0, 0.1) is 11.3 Å². The first-order valence-corrected chi connectivity index (χ1v) is 8.09. The highest BCUT2D eigenvalue weighted by Gasteiger charge is 2.26. The number of hydrogen-bond acceptors (Lipinski definition) is 5. The fourth-order valence-corrected chi connectivity index (χ4v) is 3.41. The van der Waals surface area contributed by atoms with E-state index in [1.165, 1.54) is 18.4 Å². The molecule has 1 aliphatic carbocycles. The summed E-state index contributed by atoms with van der Waals surface area (Å²) in [6, 6.07) is 4.27. The lowest BCUT2D eigenvalue weighted by Gasteiger charge is -2.26. The largest absolute Gasteiger partial charge is 0.358 e. The van der Waals surface area contributed by atoms with E-state index >= 15 is 0 Å². The van der Waals surface area contributed by atoms with Crippen molar-refractivity contribution in [3.63, 3.8) is 0 Å². The maximum atomic E-state index is 9.40. The molecule has 3 rings (SSSR count). The molecule has 0 radical (unpaired) electrons. The number of fused-ring (bicyclic) bond motifs is 1. The lowest BCUT2D eigenvalue weighted by molar-refractivity contribution is 0.597. The molecule has 0 fully saturated rings. The molecule has 1 N–H and O–H groups in total. The number of nitriles is 1. The van der Waals surface area contributed by atoms with E-state index in [0.29, 0.717) is 11.4 Å². The van der Waals surface area contributed by atoms with Gasteiger partial charge in [0.05, 0.1) is 11.1 Å². The van der Waals surface area contributed by atoms with Gasteiger partial charge >= 0.3 is 0 Å². The molecule has 5 heteroatoms. The van der Waals surface area contributed by atoms with Crippen molar-refractivity contribution in [2.75, 3.05) is 5.32 Å². The van der Waals surface area contributed by atoms with E-state index in [9.17, 15) is 5.26 Å². The van der Waals surface area contributed by atoms with Gasteiger partial charge in [0, 0.05) is 17.3 Å². The molecule has 108 valence electrons. The van der Waals surface area contributed by atoms with Crippen LogP contribution in [0.4, 0.5) is 5.82 Å². The monoisotopic (exact) mass is 298 g/mol. The molecule has 0 aliphatic heterocycles. The number of aromatic nitrogens is 2. The first kappa shape index (κ1) is 14.0. The van der Waals surface area contributed by atoms with Gasteiger partial charge in [-0.2, -0.15) is 5.26 Å². The molecule has 0 amide bonds. The molecule has 21 heavy (non-hydrogen) atoms. The van der Waals surface area contributed by atoms with Crippen LogP contribution in [0.2, 0.25) is 0 Å². The Balaban J connectivity index is 1.97. The van der Waals surface area contributed by atoms with Gasteiger partial charge in [-0.25, -0.2) is 9.97 Å². The van der Waals surface area contributed by atoms with E-state index in [2.05, 4.69) is 30.2 Å². The molecule has 2 heterocycles. The van der Waals surface area contributed by atoms with E-state index in [0.717, 1.165) is 23.5 Å². The van der Waals surface area contributed by atoms with Crippen molar-refractivity contribution < 1.29 is 0 Å². The van der Waals surface area contributed by atoms with Crippen molar-refractivity contribution >= 4 is 17.2 Å². The molecule has 4 nitrogen and oxygen atoms in total. The van der Waals surface area contributed by atoms with E-state index < -0.39 is 0 Å². The molecule has 2 aromatic rings. The number of nitrogens with zero attached hydrogens (tertiary/aromatic N) is 3. The quantitative estimate of drug-likeness (QED) is 0.939. The molecule has 0 saturated carbocycles. The fraction of sp³-hybridized carbons (Fsp3) is 0.438. The van der Waals surface area contributed by atoms with Gasteiger partial charge in [0.15, 0.2) is 0 Å². The average Bonchev–Trinajstić information content (AvgIpc) is 3.01. The van der Waals surface area contributed by atoms with Crippen LogP contribution >= 0.6 is 11.3 Å². The van der Waals surface area contributed by atoms with E-state index in [1.807, 2.05) is 11.4 Å². The van der Waals surface area contributed by atoms with Gasteiger partial charge in [-0.15, -0.1) is 11.3 Å². The second-order valence-electron chi connectivity index (χ2n) is 5.90. The number of thiazole rings is 1.